The van der Waals surface area contributed by atoms with Gasteiger partial charge in [-0.3, -0.25) is 4.79 Å². The number of nitrogens with zero attached hydrogens (tertiary/aromatic N) is 2. The van der Waals surface area contributed by atoms with Gasteiger partial charge < -0.3 is 10.1 Å². The second-order valence-electron chi connectivity index (χ2n) is 3.49. The molecule has 0 radical (unpaired) electrons. The molecule has 0 amide bonds. The zero-order valence-electron chi connectivity index (χ0n) is 9.10. The average molecular weight is 259 g/mol. The number of carbonyl (C=O) groups is 1. The monoisotopic (exact) mass is 259 g/mol. The van der Waals surface area contributed by atoms with Crippen LogP contribution in [-0.2, 0) is 9.53 Å². The predicted octanol–water partition coefficient (Wildman–Crippen LogP) is 1.77. The molecule has 16 heavy (non-hydrogen) atoms. The lowest BCUT2D eigenvalue weighted by atomic mass is 10.3. The number of hydrogen-bond donors (Lipinski definition) is 1. The van der Waals surface area contributed by atoms with Crippen LogP contribution in [0.3, 0.4) is 0 Å². The van der Waals surface area contributed by atoms with Crippen molar-refractivity contribution in [2.24, 2.45) is 0 Å². The number of rotatable bonds is 4. The van der Waals surface area contributed by atoms with E-state index in [0.29, 0.717) is 0 Å². The summed E-state index contributed by atoms with van der Waals surface area (Å²) in [5.41, 5.74) is 0. The fourth-order valence-corrected chi connectivity index (χ4v) is 3.59. The highest BCUT2D eigenvalue weighted by Gasteiger charge is 2.33. The van der Waals surface area contributed by atoms with Crippen LogP contribution >= 0.6 is 23.1 Å². The summed E-state index contributed by atoms with van der Waals surface area (Å²) < 4.78 is 5.89. The minimum atomic E-state index is -0.141. The Morgan fingerprint density at radius 2 is 2.44 bits per heavy atom. The van der Waals surface area contributed by atoms with Crippen LogP contribution in [0, 0.1) is 0 Å². The molecule has 88 valence electrons. The third-order valence-corrected chi connectivity index (χ3v) is 4.27. The molecule has 1 saturated heterocycles. The Hall–Kier alpha value is -0.820. The van der Waals surface area contributed by atoms with E-state index in [9.17, 15) is 4.79 Å². The number of cyclic esters (lactones) is 1. The van der Waals surface area contributed by atoms with E-state index in [4.69, 9.17) is 4.74 Å². The molecule has 0 aromatic carbocycles. The number of thioether (sulfide) groups is 1. The fourth-order valence-electron chi connectivity index (χ4n) is 1.42. The number of hydrogen-bond acceptors (Lipinski definition) is 7. The van der Waals surface area contributed by atoms with Gasteiger partial charge in [-0.05, 0) is 13.8 Å². The minimum Gasteiger partial charge on any atom is -0.462 e. The first-order valence-electron chi connectivity index (χ1n) is 5.13. The Labute approximate surface area is 102 Å². The smallest absolute Gasteiger partial charge is 0.319 e. The van der Waals surface area contributed by atoms with Crippen molar-refractivity contribution in [2.75, 3.05) is 11.9 Å². The molecule has 0 unspecified atom stereocenters. The number of aromatic nitrogens is 2. The maximum Gasteiger partial charge on any atom is 0.319 e. The number of esters is 1. The van der Waals surface area contributed by atoms with Gasteiger partial charge in [-0.25, -0.2) is 0 Å². The molecule has 1 aliphatic rings. The van der Waals surface area contributed by atoms with Crippen molar-refractivity contribution in [3.8, 4) is 0 Å². The van der Waals surface area contributed by atoms with Gasteiger partial charge in [0.15, 0.2) is 4.34 Å². The normalized spacial score (nSPS) is 24.5. The maximum atomic E-state index is 11.4. The van der Waals surface area contributed by atoms with Crippen LogP contribution in [0.2, 0.25) is 0 Å². The zero-order chi connectivity index (χ0) is 11.5. The van der Waals surface area contributed by atoms with Crippen LogP contribution in [0.1, 0.15) is 20.3 Å². The number of anilines is 1. The van der Waals surface area contributed by atoms with Gasteiger partial charge >= 0.3 is 5.97 Å². The van der Waals surface area contributed by atoms with Crippen molar-refractivity contribution in [2.45, 2.75) is 36.0 Å². The molecule has 0 spiro atoms. The van der Waals surface area contributed by atoms with E-state index in [1.165, 1.54) is 23.1 Å². The van der Waals surface area contributed by atoms with Gasteiger partial charge in [-0.15, -0.1) is 10.2 Å². The predicted molar refractivity (Wildman–Crippen MR) is 63.9 cm³/mol. The van der Waals surface area contributed by atoms with E-state index in [2.05, 4.69) is 15.5 Å². The van der Waals surface area contributed by atoms with Crippen LogP contribution in [0.25, 0.3) is 0 Å². The van der Waals surface area contributed by atoms with Gasteiger partial charge in [0.05, 0.1) is 0 Å². The first kappa shape index (κ1) is 11.7. The molecular formula is C9H13N3O2S2. The van der Waals surface area contributed by atoms with Crippen molar-refractivity contribution < 1.29 is 9.53 Å². The summed E-state index contributed by atoms with van der Waals surface area (Å²) in [5.74, 6) is -0.141. The third-order valence-electron chi connectivity index (χ3n) is 2.10. The molecule has 2 atom stereocenters. The summed E-state index contributed by atoms with van der Waals surface area (Å²) in [4.78, 5) is 11.4. The van der Waals surface area contributed by atoms with E-state index in [-0.39, 0.29) is 17.3 Å². The van der Waals surface area contributed by atoms with E-state index < -0.39 is 0 Å². The lowest BCUT2D eigenvalue weighted by Gasteiger charge is -1.99. The summed E-state index contributed by atoms with van der Waals surface area (Å²) in [6.07, 6.45) is 0.769. The molecule has 0 bridgehead atoms. The van der Waals surface area contributed by atoms with E-state index in [0.717, 1.165) is 22.4 Å². The molecule has 2 rings (SSSR count). The van der Waals surface area contributed by atoms with Crippen molar-refractivity contribution >= 4 is 34.2 Å². The molecule has 7 heteroatoms. The largest absolute Gasteiger partial charge is 0.462 e. The third kappa shape index (κ3) is 2.65. The molecule has 1 aromatic rings. The topological polar surface area (TPSA) is 64.1 Å². The van der Waals surface area contributed by atoms with Crippen LogP contribution in [-0.4, -0.2) is 34.1 Å². The van der Waals surface area contributed by atoms with Gasteiger partial charge in [-0.1, -0.05) is 23.1 Å². The Balaban J connectivity index is 1.95. The first-order chi connectivity index (χ1) is 7.69. The second-order valence-corrected chi connectivity index (χ2v) is 5.92. The molecule has 2 heterocycles. The van der Waals surface area contributed by atoms with Crippen LogP contribution in [0.15, 0.2) is 4.34 Å². The highest BCUT2D eigenvalue weighted by Crippen LogP contribution is 2.34. The van der Waals surface area contributed by atoms with Crippen LogP contribution in [0.4, 0.5) is 5.13 Å². The van der Waals surface area contributed by atoms with Crippen LogP contribution < -0.4 is 5.32 Å². The summed E-state index contributed by atoms with van der Waals surface area (Å²) >= 11 is 2.91. The van der Waals surface area contributed by atoms with Crippen LogP contribution in [0.5, 0.6) is 0 Å². The van der Waals surface area contributed by atoms with E-state index in [1.807, 2.05) is 13.8 Å². The van der Waals surface area contributed by atoms with Crippen molar-refractivity contribution in [3.63, 3.8) is 0 Å². The molecule has 0 aliphatic carbocycles. The quantitative estimate of drug-likeness (QED) is 0.831. The maximum absolute atomic E-state index is 11.4. The highest BCUT2D eigenvalue weighted by atomic mass is 32.2. The summed E-state index contributed by atoms with van der Waals surface area (Å²) in [7, 11) is 0. The molecule has 1 fully saturated rings. The van der Waals surface area contributed by atoms with Gasteiger partial charge in [0.2, 0.25) is 5.13 Å². The molecular weight excluding hydrogens is 246 g/mol. The van der Waals surface area contributed by atoms with E-state index in [1.54, 1.807) is 0 Å². The Bertz CT molecular complexity index is 383. The lowest BCUT2D eigenvalue weighted by Crippen LogP contribution is -2.08. The SMILES string of the molecule is CCNc1nnc(S[C@H]2C[C@@H](C)OC2=O)s1. The summed E-state index contributed by atoms with van der Waals surface area (Å²) in [5, 5.41) is 11.8. The van der Waals surface area contributed by atoms with E-state index >= 15 is 0 Å². The Morgan fingerprint density at radius 3 is 3.06 bits per heavy atom. The average Bonchev–Trinajstić information content (AvgIpc) is 2.76. The highest BCUT2D eigenvalue weighted by molar-refractivity contribution is 8.02. The molecule has 1 aliphatic heterocycles. The van der Waals surface area contributed by atoms with Crippen molar-refractivity contribution in [1.29, 1.82) is 0 Å². The standard InChI is InChI=1S/C9H13N3O2S2/c1-3-10-8-11-12-9(16-8)15-6-4-5(2)14-7(6)13/h5-6H,3-4H2,1-2H3,(H,10,11)/t5-,6+/m1/s1. The second kappa shape index (κ2) is 5.01. The van der Waals surface area contributed by atoms with Gasteiger partial charge in [-0.2, -0.15) is 0 Å². The van der Waals surface area contributed by atoms with Gasteiger partial charge in [0, 0.05) is 13.0 Å². The lowest BCUT2D eigenvalue weighted by molar-refractivity contribution is -0.140. The number of ether oxygens (including phenoxy) is 1. The van der Waals surface area contributed by atoms with Crippen molar-refractivity contribution in [3.05, 3.63) is 0 Å². The number of nitrogens with one attached hydrogen (secondary N) is 1. The molecule has 5 nitrogen and oxygen atoms in total. The van der Waals surface area contributed by atoms with Gasteiger partial charge in [0.1, 0.15) is 11.4 Å². The minimum absolute atomic E-state index is 0.0196. The zero-order valence-corrected chi connectivity index (χ0v) is 10.7. The first-order valence-corrected chi connectivity index (χ1v) is 6.83. The molecule has 1 N–H and O–H groups in total. The summed E-state index contributed by atoms with van der Waals surface area (Å²) in [6, 6.07) is 0. The van der Waals surface area contributed by atoms with Gasteiger partial charge in [0.25, 0.3) is 0 Å². The fraction of sp³-hybridized carbons (Fsp3) is 0.667. The Kier molecular flexibility index (Phi) is 3.65. The summed E-state index contributed by atoms with van der Waals surface area (Å²) in [6.45, 7) is 4.73. The molecule has 1 aromatic heterocycles. The van der Waals surface area contributed by atoms with Crippen molar-refractivity contribution in [1.82, 2.24) is 10.2 Å². The number of carbonyl (C=O) groups excluding carboxylic acids is 1. The molecule has 0 saturated carbocycles. The Morgan fingerprint density at radius 1 is 1.62 bits per heavy atom.